The number of amides is 1. The summed E-state index contributed by atoms with van der Waals surface area (Å²) >= 11 is 0. The van der Waals surface area contributed by atoms with Crippen molar-refractivity contribution in [1.29, 1.82) is 0 Å². The lowest BCUT2D eigenvalue weighted by Gasteiger charge is -2.19. The summed E-state index contributed by atoms with van der Waals surface area (Å²) in [5.74, 6) is -0.327. The Balaban J connectivity index is 3.29. The summed E-state index contributed by atoms with van der Waals surface area (Å²) in [4.78, 5) is 22.5. The number of carbonyl (C=O) groups is 2. The number of hydrogen-bond donors (Lipinski definition) is 1. The second kappa shape index (κ2) is 14.8. The van der Waals surface area contributed by atoms with Crippen molar-refractivity contribution in [2.75, 3.05) is 26.4 Å². The van der Waals surface area contributed by atoms with Crippen LogP contribution in [0.1, 0.15) is 66.2 Å². The van der Waals surface area contributed by atoms with Gasteiger partial charge in [-0.15, -0.1) is 0 Å². The van der Waals surface area contributed by atoms with Crippen molar-refractivity contribution in [3.05, 3.63) is 12.2 Å². The van der Waals surface area contributed by atoms with Gasteiger partial charge in [-0.25, -0.2) is 9.59 Å². The third-order valence-corrected chi connectivity index (χ3v) is 3.14. The van der Waals surface area contributed by atoms with Gasteiger partial charge in [-0.3, -0.25) is 0 Å². The number of alkyl carbamates (subject to hydrolysis) is 1. The Morgan fingerprint density at radius 2 is 1.64 bits per heavy atom. The molecule has 146 valence electrons. The molecule has 0 unspecified atom stereocenters. The van der Waals surface area contributed by atoms with Crippen molar-refractivity contribution < 1.29 is 23.8 Å². The van der Waals surface area contributed by atoms with Crippen LogP contribution in [-0.4, -0.2) is 44.0 Å². The number of nitrogens with one attached hydrogen (secondary N) is 1. The minimum Gasteiger partial charge on any atom is -0.463 e. The molecule has 0 bridgehead atoms. The zero-order valence-electron chi connectivity index (χ0n) is 16.3. The SMILES string of the molecule is CCOC(=O)/C=C/COCCCCCCCCNC(=O)OC(C)(C)C. The fraction of sp³-hybridized carbons (Fsp3) is 0.789. The van der Waals surface area contributed by atoms with Gasteiger partial charge < -0.3 is 19.5 Å². The molecular weight excluding hydrogens is 322 g/mol. The molecule has 0 aromatic heterocycles. The van der Waals surface area contributed by atoms with E-state index < -0.39 is 5.60 Å². The van der Waals surface area contributed by atoms with E-state index in [1.54, 1.807) is 13.0 Å². The summed E-state index contributed by atoms with van der Waals surface area (Å²) in [6.07, 6.45) is 9.25. The maximum Gasteiger partial charge on any atom is 0.407 e. The van der Waals surface area contributed by atoms with Gasteiger partial charge in [0.25, 0.3) is 0 Å². The van der Waals surface area contributed by atoms with E-state index >= 15 is 0 Å². The molecule has 6 nitrogen and oxygen atoms in total. The molecule has 0 aromatic carbocycles. The molecule has 0 atom stereocenters. The van der Waals surface area contributed by atoms with Gasteiger partial charge in [-0.05, 0) is 40.5 Å². The fourth-order valence-corrected chi connectivity index (χ4v) is 2.03. The number of esters is 1. The minimum absolute atomic E-state index is 0.327. The molecule has 25 heavy (non-hydrogen) atoms. The molecule has 0 aliphatic heterocycles. The van der Waals surface area contributed by atoms with Gasteiger partial charge in [0.2, 0.25) is 0 Å². The Morgan fingerprint density at radius 1 is 1.00 bits per heavy atom. The van der Waals surface area contributed by atoms with Crippen LogP contribution in [0.15, 0.2) is 12.2 Å². The van der Waals surface area contributed by atoms with E-state index in [4.69, 9.17) is 14.2 Å². The molecular formula is C19H35NO5. The number of carbonyl (C=O) groups excluding carboxylic acids is 2. The molecule has 0 radical (unpaired) electrons. The molecule has 0 aliphatic carbocycles. The fourth-order valence-electron chi connectivity index (χ4n) is 2.03. The average Bonchev–Trinajstić information content (AvgIpc) is 2.50. The predicted octanol–water partition coefficient (Wildman–Crippen LogP) is 3.99. The molecule has 0 spiro atoms. The van der Waals surface area contributed by atoms with E-state index in [2.05, 4.69) is 5.32 Å². The summed E-state index contributed by atoms with van der Waals surface area (Å²) in [7, 11) is 0. The molecule has 0 aliphatic rings. The van der Waals surface area contributed by atoms with Crippen molar-refractivity contribution >= 4 is 12.1 Å². The standard InChI is InChI=1S/C19H35NO5/c1-5-24-17(21)13-12-16-23-15-11-9-7-6-8-10-14-20-18(22)25-19(2,3)4/h12-13H,5-11,14-16H2,1-4H3,(H,20,22)/b13-12+. The highest BCUT2D eigenvalue weighted by Gasteiger charge is 2.15. The Kier molecular flexibility index (Phi) is 13.8. The van der Waals surface area contributed by atoms with Gasteiger partial charge in [-0.1, -0.05) is 31.8 Å². The highest BCUT2D eigenvalue weighted by atomic mass is 16.6. The van der Waals surface area contributed by atoms with Crippen LogP contribution in [0.4, 0.5) is 4.79 Å². The second-order valence-corrected chi connectivity index (χ2v) is 6.78. The third-order valence-electron chi connectivity index (χ3n) is 3.14. The molecule has 0 aromatic rings. The number of hydrogen-bond acceptors (Lipinski definition) is 5. The summed E-state index contributed by atoms with van der Waals surface area (Å²) < 4.78 is 15.4. The molecule has 0 heterocycles. The first-order valence-corrected chi connectivity index (χ1v) is 9.23. The summed E-state index contributed by atoms with van der Waals surface area (Å²) in [6, 6.07) is 0. The van der Waals surface area contributed by atoms with E-state index in [9.17, 15) is 9.59 Å². The first kappa shape index (κ1) is 23.4. The molecule has 0 saturated heterocycles. The Labute approximate surface area is 152 Å². The van der Waals surface area contributed by atoms with E-state index in [0.717, 1.165) is 38.5 Å². The summed E-state index contributed by atoms with van der Waals surface area (Å²) in [5.41, 5.74) is -0.444. The van der Waals surface area contributed by atoms with Crippen LogP contribution in [-0.2, 0) is 19.0 Å². The molecule has 0 saturated carbocycles. The van der Waals surface area contributed by atoms with Crippen molar-refractivity contribution in [2.45, 2.75) is 71.8 Å². The highest BCUT2D eigenvalue weighted by molar-refractivity contribution is 5.81. The maximum absolute atomic E-state index is 11.4. The molecule has 0 rings (SSSR count). The van der Waals surface area contributed by atoms with Crippen molar-refractivity contribution in [3.8, 4) is 0 Å². The van der Waals surface area contributed by atoms with Crippen LogP contribution >= 0.6 is 0 Å². The maximum atomic E-state index is 11.4. The minimum atomic E-state index is -0.444. The van der Waals surface area contributed by atoms with Crippen LogP contribution in [0, 0.1) is 0 Å². The van der Waals surface area contributed by atoms with Gasteiger partial charge in [0, 0.05) is 19.2 Å². The first-order chi connectivity index (χ1) is 11.8. The van der Waals surface area contributed by atoms with Crippen molar-refractivity contribution in [1.82, 2.24) is 5.32 Å². The second-order valence-electron chi connectivity index (χ2n) is 6.78. The molecule has 0 fully saturated rings. The van der Waals surface area contributed by atoms with Crippen LogP contribution in [0.3, 0.4) is 0 Å². The monoisotopic (exact) mass is 357 g/mol. The lowest BCUT2D eigenvalue weighted by atomic mass is 10.1. The predicted molar refractivity (Wildman–Crippen MR) is 98.5 cm³/mol. The van der Waals surface area contributed by atoms with Gasteiger partial charge in [0.15, 0.2) is 0 Å². The van der Waals surface area contributed by atoms with Crippen LogP contribution < -0.4 is 5.32 Å². The lowest BCUT2D eigenvalue weighted by molar-refractivity contribution is -0.137. The summed E-state index contributed by atoms with van der Waals surface area (Å²) in [6.45, 7) is 9.53. The highest BCUT2D eigenvalue weighted by Crippen LogP contribution is 2.07. The van der Waals surface area contributed by atoms with Crippen molar-refractivity contribution in [2.24, 2.45) is 0 Å². The van der Waals surface area contributed by atoms with Gasteiger partial charge in [0.05, 0.1) is 13.2 Å². The van der Waals surface area contributed by atoms with Crippen LogP contribution in [0.2, 0.25) is 0 Å². The zero-order valence-corrected chi connectivity index (χ0v) is 16.3. The van der Waals surface area contributed by atoms with Crippen LogP contribution in [0.25, 0.3) is 0 Å². The van der Waals surface area contributed by atoms with E-state index in [-0.39, 0.29) is 12.1 Å². The smallest absolute Gasteiger partial charge is 0.407 e. The van der Waals surface area contributed by atoms with Gasteiger partial charge >= 0.3 is 12.1 Å². The largest absolute Gasteiger partial charge is 0.463 e. The summed E-state index contributed by atoms with van der Waals surface area (Å²) in [5, 5.41) is 2.77. The molecule has 6 heteroatoms. The Morgan fingerprint density at radius 3 is 2.28 bits per heavy atom. The topological polar surface area (TPSA) is 73.9 Å². The molecule has 1 amide bonds. The zero-order chi connectivity index (χ0) is 19.0. The Hall–Kier alpha value is -1.56. The van der Waals surface area contributed by atoms with Crippen LogP contribution in [0.5, 0.6) is 0 Å². The Bertz CT molecular complexity index is 388. The quantitative estimate of drug-likeness (QED) is 0.306. The number of unbranched alkanes of at least 4 members (excludes halogenated alkanes) is 5. The van der Waals surface area contributed by atoms with Gasteiger partial charge in [-0.2, -0.15) is 0 Å². The van der Waals surface area contributed by atoms with E-state index in [1.807, 2.05) is 20.8 Å². The molecule has 1 N–H and O–H groups in total. The van der Waals surface area contributed by atoms with E-state index in [0.29, 0.717) is 26.4 Å². The van der Waals surface area contributed by atoms with Gasteiger partial charge in [0.1, 0.15) is 5.60 Å². The number of rotatable bonds is 13. The van der Waals surface area contributed by atoms with Crippen molar-refractivity contribution in [3.63, 3.8) is 0 Å². The third kappa shape index (κ3) is 18.6. The normalized spacial score (nSPS) is 11.5. The first-order valence-electron chi connectivity index (χ1n) is 9.23. The van der Waals surface area contributed by atoms with E-state index in [1.165, 1.54) is 6.08 Å². The number of ether oxygens (including phenoxy) is 3. The lowest BCUT2D eigenvalue weighted by Crippen LogP contribution is -2.32. The average molecular weight is 357 g/mol.